The summed E-state index contributed by atoms with van der Waals surface area (Å²) in [5, 5.41) is 6.00. The van der Waals surface area contributed by atoms with Crippen LogP contribution in [0.15, 0.2) is 54.6 Å². The molecular formula is C17H18N2O3. The monoisotopic (exact) mass is 298 g/mol. The van der Waals surface area contributed by atoms with E-state index < -0.39 is 5.97 Å². The van der Waals surface area contributed by atoms with E-state index in [2.05, 4.69) is 15.4 Å². The number of hydrogen-bond acceptors (Lipinski definition) is 4. The van der Waals surface area contributed by atoms with Crippen LogP contribution in [0.3, 0.4) is 0 Å². The zero-order valence-electron chi connectivity index (χ0n) is 12.3. The highest BCUT2D eigenvalue weighted by Gasteiger charge is 2.07. The maximum Gasteiger partial charge on any atom is 0.306 e. The summed E-state index contributed by atoms with van der Waals surface area (Å²) < 4.78 is 4.50. The second-order valence-electron chi connectivity index (χ2n) is 4.69. The average Bonchev–Trinajstić information content (AvgIpc) is 2.55. The van der Waals surface area contributed by atoms with E-state index in [0.29, 0.717) is 5.69 Å². The summed E-state index contributed by atoms with van der Waals surface area (Å²) in [6, 6.07) is 17.2. The molecule has 114 valence electrons. The van der Waals surface area contributed by atoms with Crippen molar-refractivity contribution in [1.29, 1.82) is 0 Å². The lowest BCUT2D eigenvalue weighted by atomic mass is 10.2. The molecule has 2 N–H and O–H groups in total. The van der Waals surface area contributed by atoms with Crippen molar-refractivity contribution in [2.75, 3.05) is 17.7 Å². The summed E-state index contributed by atoms with van der Waals surface area (Å²) in [6.45, 7) is 0. The lowest BCUT2D eigenvalue weighted by Gasteiger charge is -2.08. The third-order valence-corrected chi connectivity index (χ3v) is 3.01. The molecule has 0 radical (unpaired) electrons. The van der Waals surface area contributed by atoms with Gasteiger partial charge in [0, 0.05) is 23.5 Å². The number of nitrogens with one attached hydrogen (secondary N) is 2. The minimum atomic E-state index is -0.391. The van der Waals surface area contributed by atoms with Gasteiger partial charge in [-0.2, -0.15) is 0 Å². The molecule has 0 aromatic heterocycles. The molecule has 0 unspecified atom stereocenters. The first-order chi connectivity index (χ1) is 10.7. The van der Waals surface area contributed by atoms with Gasteiger partial charge in [-0.05, 0) is 36.4 Å². The number of rotatable bonds is 6. The van der Waals surface area contributed by atoms with Crippen molar-refractivity contribution in [2.24, 2.45) is 0 Å². The molecule has 0 saturated heterocycles. The first-order valence-electron chi connectivity index (χ1n) is 6.96. The van der Waals surface area contributed by atoms with Crippen LogP contribution in [0.1, 0.15) is 12.8 Å². The van der Waals surface area contributed by atoms with Gasteiger partial charge in [-0.15, -0.1) is 0 Å². The van der Waals surface area contributed by atoms with Gasteiger partial charge in [0.25, 0.3) is 0 Å². The molecular weight excluding hydrogens is 280 g/mol. The molecule has 0 bridgehead atoms. The van der Waals surface area contributed by atoms with Crippen LogP contribution >= 0.6 is 0 Å². The zero-order valence-corrected chi connectivity index (χ0v) is 12.3. The Balaban J connectivity index is 1.86. The SMILES string of the molecule is COC(=O)CCC(=O)Nc1ccc(Nc2ccccc2)cc1. The first kappa shape index (κ1) is 15.6. The Morgan fingerprint density at radius 3 is 2.09 bits per heavy atom. The fourth-order valence-corrected chi connectivity index (χ4v) is 1.87. The van der Waals surface area contributed by atoms with Crippen LogP contribution in [0.2, 0.25) is 0 Å². The van der Waals surface area contributed by atoms with E-state index in [9.17, 15) is 9.59 Å². The van der Waals surface area contributed by atoms with Crippen LogP contribution in [0, 0.1) is 0 Å². The van der Waals surface area contributed by atoms with Gasteiger partial charge in [0.15, 0.2) is 0 Å². The van der Waals surface area contributed by atoms with E-state index in [-0.39, 0.29) is 18.7 Å². The Morgan fingerprint density at radius 2 is 1.45 bits per heavy atom. The molecule has 2 aromatic carbocycles. The van der Waals surface area contributed by atoms with E-state index in [0.717, 1.165) is 11.4 Å². The van der Waals surface area contributed by atoms with Crippen LogP contribution < -0.4 is 10.6 Å². The minimum absolute atomic E-state index is 0.0793. The fourth-order valence-electron chi connectivity index (χ4n) is 1.87. The number of amides is 1. The number of para-hydroxylation sites is 1. The summed E-state index contributed by atoms with van der Waals surface area (Å²) in [4.78, 5) is 22.7. The van der Waals surface area contributed by atoms with Gasteiger partial charge in [0.05, 0.1) is 13.5 Å². The van der Waals surface area contributed by atoms with Gasteiger partial charge in [0.2, 0.25) is 5.91 Å². The number of hydrogen-bond donors (Lipinski definition) is 2. The van der Waals surface area contributed by atoms with Crippen molar-refractivity contribution in [2.45, 2.75) is 12.8 Å². The number of carbonyl (C=O) groups is 2. The predicted molar refractivity (Wildman–Crippen MR) is 86.0 cm³/mol. The summed E-state index contributed by atoms with van der Waals surface area (Å²) in [5.41, 5.74) is 2.62. The lowest BCUT2D eigenvalue weighted by Crippen LogP contribution is -2.13. The molecule has 0 heterocycles. The molecule has 1 amide bonds. The maximum atomic E-state index is 11.7. The van der Waals surface area contributed by atoms with Crippen LogP contribution in [0.4, 0.5) is 17.1 Å². The van der Waals surface area contributed by atoms with Gasteiger partial charge in [0.1, 0.15) is 0 Å². The van der Waals surface area contributed by atoms with Crippen molar-refractivity contribution in [3.8, 4) is 0 Å². The summed E-state index contributed by atoms with van der Waals surface area (Å²) in [6.07, 6.45) is 0.187. The van der Waals surface area contributed by atoms with Crippen molar-refractivity contribution in [3.63, 3.8) is 0 Å². The van der Waals surface area contributed by atoms with Crippen LogP contribution in [0.25, 0.3) is 0 Å². The number of esters is 1. The van der Waals surface area contributed by atoms with Gasteiger partial charge in [-0.1, -0.05) is 18.2 Å². The molecule has 0 saturated carbocycles. The number of anilines is 3. The highest BCUT2D eigenvalue weighted by atomic mass is 16.5. The summed E-state index contributed by atoms with van der Waals surface area (Å²) >= 11 is 0. The van der Waals surface area contributed by atoms with E-state index in [1.54, 1.807) is 12.1 Å². The predicted octanol–water partition coefficient (Wildman–Crippen LogP) is 3.32. The Labute approximate surface area is 129 Å². The van der Waals surface area contributed by atoms with Gasteiger partial charge >= 0.3 is 5.97 Å². The van der Waals surface area contributed by atoms with Crippen LogP contribution in [-0.4, -0.2) is 19.0 Å². The van der Waals surface area contributed by atoms with Gasteiger partial charge in [-0.25, -0.2) is 0 Å². The topological polar surface area (TPSA) is 67.4 Å². The highest BCUT2D eigenvalue weighted by Crippen LogP contribution is 2.18. The van der Waals surface area contributed by atoms with Gasteiger partial charge in [-0.3, -0.25) is 9.59 Å². The Kier molecular flexibility index (Phi) is 5.54. The molecule has 0 atom stereocenters. The third kappa shape index (κ3) is 4.94. The maximum absolute atomic E-state index is 11.7. The summed E-state index contributed by atoms with van der Waals surface area (Å²) in [7, 11) is 1.30. The van der Waals surface area contributed by atoms with Crippen molar-refractivity contribution < 1.29 is 14.3 Å². The van der Waals surface area contributed by atoms with E-state index in [4.69, 9.17) is 0 Å². The first-order valence-corrected chi connectivity index (χ1v) is 6.96. The quantitative estimate of drug-likeness (QED) is 0.803. The van der Waals surface area contributed by atoms with Crippen molar-refractivity contribution in [1.82, 2.24) is 0 Å². The number of ether oxygens (including phenoxy) is 1. The Hall–Kier alpha value is -2.82. The molecule has 22 heavy (non-hydrogen) atoms. The number of carbonyl (C=O) groups excluding carboxylic acids is 2. The van der Waals surface area contributed by atoms with Gasteiger partial charge < -0.3 is 15.4 Å². The minimum Gasteiger partial charge on any atom is -0.469 e. The van der Waals surface area contributed by atoms with Crippen LogP contribution in [0.5, 0.6) is 0 Å². The molecule has 2 rings (SSSR count). The summed E-state index contributed by atoms with van der Waals surface area (Å²) in [5.74, 6) is -0.605. The highest BCUT2D eigenvalue weighted by molar-refractivity contribution is 5.92. The molecule has 2 aromatic rings. The molecule has 0 aliphatic rings. The smallest absolute Gasteiger partial charge is 0.306 e. The average molecular weight is 298 g/mol. The third-order valence-electron chi connectivity index (χ3n) is 3.01. The zero-order chi connectivity index (χ0) is 15.8. The molecule has 5 nitrogen and oxygen atoms in total. The van der Waals surface area contributed by atoms with Crippen molar-refractivity contribution in [3.05, 3.63) is 54.6 Å². The normalized spacial score (nSPS) is 9.86. The Morgan fingerprint density at radius 1 is 0.864 bits per heavy atom. The molecule has 0 fully saturated rings. The number of benzene rings is 2. The van der Waals surface area contributed by atoms with Crippen LogP contribution in [-0.2, 0) is 14.3 Å². The number of methoxy groups -OCH3 is 1. The second-order valence-corrected chi connectivity index (χ2v) is 4.69. The fraction of sp³-hybridized carbons (Fsp3) is 0.176. The Bertz CT molecular complexity index is 624. The molecule has 0 aliphatic heterocycles. The van der Waals surface area contributed by atoms with Crippen molar-refractivity contribution >= 4 is 28.9 Å². The molecule has 5 heteroatoms. The van der Waals surface area contributed by atoms with E-state index in [1.807, 2.05) is 42.5 Å². The molecule has 0 aliphatic carbocycles. The largest absolute Gasteiger partial charge is 0.469 e. The van der Waals surface area contributed by atoms with E-state index in [1.165, 1.54) is 7.11 Å². The lowest BCUT2D eigenvalue weighted by molar-refractivity contribution is -0.141. The molecule has 0 spiro atoms. The van der Waals surface area contributed by atoms with E-state index >= 15 is 0 Å². The second kappa shape index (κ2) is 7.83. The standard InChI is InChI=1S/C17H18N2O3/c1-22-17(21)12-11-16(20)19-15-9-7-14(8-10-15)18-13-5-3-2-4-6-13/h2-10,18H,11-12H2,1H3,(H,19,20).